The number of aryl methyl sites for hydroxylation is 1. The van der Waals surface area contributed by atoms with E-state index in [0.717, 1.165) is 88.0 Å². The van der Waals surface area contributed by atoms with Gasteiger partial charge in [0.05, 0.1) is 17.5 Å². The molecule has 2 fully saturated rings. The maximum Gasteiger partial charge on any atom is 0.264 e. The zero-order valence-corrected chi connectivity index (χ0v) is 33.7. The third-order valence-electron chi connectivity index (χ3n) is 13.3. The lowest BCUT2D eigenvalue weighted by Crippen LogP contribution is -2.59. The zero-order chi connectivity index (χ0) is 38.4. The second-order valence-corrected chi connectivity index (χ2v) is 19.0. The quantitative estimate of drug-likeness (QED) is 0.322. The smallest absolute Gasteiger partial charge is 0.264 e. The number of aromatic nitrogens is 2. The Balaban J connectivity index is 1.16. The minimum absolute atomic E-state index is 0.223. The zero-order valence-electron chi connectivity index (χ0n) is 32.1. The van der Waals surface area contributed by atoms with Gasteiger partial charge in [0, 0.05) is 81.3 Å². The number of nitrogens with one attached hydrogen (secondary N) is 1. The van der Waals surface area contributed by atoms with Crippen molar-refractivity contribution in [3.8, 4) is 5.75 Å². The summed E-state index contributed by atoms with van der Waals surface area (Å²) in [5, 5.41) is -0.0554. The molecule has 294 valence electrons. The predicted octanol–water partition coefficient (Wildman–Crippen LogP) is 5.88. The SMILES string of the molecule is CO[C@@]1(CN2CCN(c3ncccn3)CC2)/C=C\C[C@H](C)[C@@H](C)S(=O)(=O)NC(=O)c2ccc3c(c2)N(C[C@@H]2CC[C@H]21)C[C@@]1(CCCc2cc(Cl)ccc21)CO3. The lowest BCUT2D eigenvalue weighted by atomic mass is 9.63. The summed E-state index contributed by atoms with van der Waals surface area (Å²) in [4.78, 5) is 29.8. The molecule has 2 bridgehead atoms. The number of methoxy groups -OCH3 is 1. The molecule has 11 nitrogen and oxygen atoms in total. The van der Waals surface area contributed by atoms with Gasteiger partial charge in [-0.15, -0.1) is 0 Å². The van der Waals surface area contributed by atoms with Crippen molar-refractivity contribution >= 4 is 39.2 Å². The molecular formula is C42H53ClN6O5S. The first kappa shape index (κ1) is 38.2. The van der Waals surface area contributed by atoms with Crippen LogP contribution in [0.4, 0.5) is 11.6 Å². The molecule has 3 aromatic rings. The average molecular weight is 789 g/mol. The van der Waals surface area contributed by atoms with E-state index in [1.807, 2.05) is 38.3 Å². The number of carbonyl (C=O) groups excluding carboxylic acids is 1. The van der Waals surface area contributed by atoms with Crippen LogP contribution in [0.5, 0.6) is 5.75 Å². The number of piperazine rings is 1. The highest BCUT2D eigenvalue weighted by atomic mass is 35.5. The summed E-state index contributed by atoms with van der Waals surface area (Å²) in [6, 6.07) is 13.5. The van der Waals surface area contributed by atoms with Gasteiger partial charge < -0.3 is 19.3 Å². The normalized spacial score (nSPS) is 31.6. The van der Waals surface area contributed by atoms with E-state index in [2.05, 4.69) is 53.7 Å². The number of benzene rings is 2. The molecule has 2 aliphatic carbocycles. The molecule has 1 spiro atoms. The van der Waals surface area contributed by atoms with E-state index in [9.17, 15) is 13.2 Å². The van der Waals surface area contributed by atoms with Crippen molar-refractivity contribution in [2.45, 2.75) is 68.6 Å². The van der Waals surface area contributed by atoms with Crippen molar-refractivity contribution in [1.82, 2.24) is 19.6 Å². The van der Waals surface area contributed by atoms with Gasteiger partial charge in [0.25, 0.3) is 5.91 Å². The summed E-state index contributed by atoms with van der Waals surface area (Å²) in [6.45, 7) is 9.64. The van der Waals surface area contributed by atoms with Crippen LogP contribution in [0.1, 0.15) is 67.4 Å². The molecule has 1 aromatic heterocycles. The topological polar surface area (TPSA) is 117 Å². The number of amides is 1. The van der Waals surface area contributed by atoms with E-state index in [1.165, 1.54) is 11.1 Å². The van der Waals surface area contributed by atoms with Crippen LogP contribution in [0.2, 0.25) is 5.02 Å². The van der Waals surface area contributed by atoms with Gasteiger partial charge in [-0.2, -0.15) is 0 Å². The average Bonchev–Trinajstić information content (AvgIpc) is 3.32. The van der Waals surface area contributed by atoms with Crippen molar-refractivity contribution in [2.75, 3.05) is 69.3 Å². The molecule has 2 aromatic carbocycles. The monoisotopic (exact) mass is 788 g/mol. The third-order valence-corrected chi connectivity index (χ3v) is 15.4. The lowest BCUT2D eigenvalue weighted by molar-refractivity contribution is -0.0920. The van der Waals surface area contributed by atoms with Gasteiger partial charge >= 0.3 is 0 Å². The number of hydrogen-bond donors (Lipinski definition) is 1. The van der Waals surface area contributed by atoms with E-state index in [1.54, 1.807) is 25.4 Å². The predicted molar refractivity (Wildman–Crippen MR) is 216 cm³/mol. The third kappa shape index (κ3) is 7.47. The number of fused-ring (bicyclic) bond motifs is 4. The van der Waals surface area contributed by atoms with Crippen LogP contribution in [-0.2, 0) is 26.6 Å². The van der Waals surface area contributed by atoms with Crippen molar-refractivity contribution in [2.24, 2.45) is 17.8 Å². The van der Waals surface area contributed by atoms with Crippen LogP contribution >= 0.6 is 11.6 Å². The lowest BCUT2D eigenvalue weighted by Gasteiger charge is -2.52. The van der Waals surface area contributed by atoms with Gasteiger partial charge in [-0.25, -0.2) is 23.1 Å². The number of carbonyl (C=O) groups is 1. The molecule has 55 heavy (non-hydrogen) atoms. The van der Waals surface area contributed by atoms with E-state index < -0.39 is 26.8 Å². The van der Waals surface area contributed by atoms with Gasteiger partial charge in [-0.1, -0.05) is 36.7 Å². The first-order valence-corrected chi connectivity index (χ1v) is 21.8. The second kappa shape index (κ2) is 15.3. The van der Waals surface area contributed by atoms with E-state index in [4.69, 9.17) is 21.1 Å². The summed E-state index contributed by atoms with van der Waals surface area (Å²) >= 11 is 6.51. The van der Waals surface area contributed by atoms with Crippen molar-refractivity contribution in [3.63, 3.8) is 0 Å². The standard InChI is InChI=1S/C42H53ClN6O5S/c1-29-7-4-16-42(53-3,27-47-19-21-48(22-20-47)40-44-17-6-18-45-40)36-12-9-33(36)25-49-26-41(15-5-8-31-23-34(43)11-13-35(31)41)28-54-38-14-10-32(24-37(38)49)39(50)46-55(51,52)30(29)2/h4,6,10-11,13-14,16-18,23-24,29-30,33,36H,5,7-9,12,15,19-22,25-28H2,1-3H3,(H,46,50)/b16-4-/t29-,30+,33-,36+,41-,42+/m0/s1. The van der Waals surface area contributed by atoms with Crippen LogP contribution < -0.4 is 19.3 Å². The number of rotatable bonds is 4. The molecule has 0 radical (unpaired) electrons. The Kier molecular flexibility index (Phi) is 10.6. The maximum absolute atomic E-state index is 13.7. The highest BCUT2D eigenvalue weighted by Crippen LogP contribution is 2.49. The van der Waals surface area contributed by atoms with Gasteiger partial charge in [0.1, 0.15) is 11.4 Å². The Labute approximate surface area is 330 Å². The molecule has 6 atom stereocenters. The number of hydrogen-bond acceptors (Lipinski definition) is 10. The minimum atomic E-state index is -3.97. The second-order valence-electron chi connectivity index (χ2n) is 16.5. The molecule has 5 aliphatic rings. The molecule has 1 N–H and O–H groups in total. The van der Waals surface area contributed by atoms with Gasteiger partial charge in [-0.3, -0.25) is 9.69 Å². The van der Waals surface area contributed by atoms with E-state index in [0.29, 0.717) is 36.8 Å². The Morgan fingerprint density at radius 3 is 2.58 bits per heavy atom. The molecule has 8 rings (SSSR count). The Morgan fingerprint density at radius 2 is 1.84 bits per heavy atom. The van der Waals surface area contributed by atoms with Crippen molar-refractivity contribution in [3.05, 3.63) is 88.7 Å². The van der Waals surface area contributed by atoms with Gasteiger partial charge in [0.15, 0.2) is 0 Å². The molecular weight excluding hydrogens is 736 g/mol. The summed E-state index contributed by atoms with van der Waals surface area (Å²) in [7, 11) is -2.14. The largest absolute Gasteiger partial charge is 0.490 e. The van der Waals surface area contributed by atoms with Crippen LogP contribution in [0.15, 0.2) is 67.0 Å². The van der Waals surface area contributed by atoms with Crippen LogP contribution in [0.25, 0.3) is 0 Å². The number of ether oxygens (including phenoxy) is 2. The number of allylic oxidation sites excluding steroid dienone is 1. The van der Waals surface area contributed by atoms with E-state index >= 15 is 0 Å². The fourth-order valence-electron chi connectivity index (χ4n) is 9.72. The first-order valence-electron chi connectivity index (χ1n) is 19.8. The summed E-state index contributed by atoms with van der Waals surface area (Å²) < 4.78 is 43.1. The number of nitrogens with zero attached hydrogens (tertiary/aromatic N) is 5. The highest BCUT2D eigenvalue weighted by molar-refractivity contribution is 7.90. The summed E-state index contributed by atoms with van der Waals surface area (Å²) in [5.74, 6) is 1.13. The fraction of sp³-hybridized carbons (Fsp3) is 0.548. The number of anilines is 2. The first-order chi connectivity index (χ1) is 26.5. The molecule has 1 saturated heterocycles. The number of halogens is 1. The molecule has 0 unspecified atom stereocenters. The fourth-order valence-corrected chi connectivity index (χ4v) is 11.2. The molecule has 13 heteroatoms. The van der Waals surface area contributed by atoms with Gasteiger partial charge in [-0.05, 0) is 111 Å². The highest BCUT2D eigenvalue weighted by Gasteiger charge is 2.50. The van der Waals surface area contributed by atoms with Crippen LogP contribution in [-0.4, -0.2) is 99.6 Å². The molecule has 4 heterocycles. The number of sulfonamides is 1. The Morgan fingerprint density at radius 1 is 1.04 bits per heavy atom. The van der Waals surface area contributed by atoms with Gasteiger partial charge in [0.2, 0.25) is 16.0 Å². The maximum atomic E-state index is 13.7. The Bertz CT molecular complexity index is 2030. The van der Waals surface area contributed by atoms with Crippen molar-refractivity contribution in [1.29, 1.82) is 0 Å². The Hall–Kier alpha value is -3.71. The van der Waals surface area contributed by atoms with Crippen LogP contribution in [0.3, 0.4) is 0 Å². The van der Waals surface area contributed by atoms with Crippen LogP contribution in [0, 0.1) is 17.8 Å². The summed E-state index contributed by atoms with van der Waals surface area (Å²) in [6.07, 6.45) is 13.5. The van der Waals surface area contributed by atoms with E-state index in [-0.39, 0.29) is 17.3 Å². The minimum Gasteiger partial charge on any atom is -0.490 e. The summed E-state index contributed by atoms with van der Waals surface area (Å²) in [5.41, 5.74) is 2.79. The van der Waals surface area contributed by atoms with Crippen molar-refractivity contribution < 1.29 is 22.7 Å². The molecule has 3 aliphatic heterocycles. The molecule has 1 amide bonds. The molecule has 1 saturated carbocycles.